The fourth-order valence-corrected chi connectivity index (χ4v) is 2.98. The van der Waals surface area contributed by atoms with Gasteiger partial charge in [0, 0.05) is 17.5 Å². The van der Waals surface area contributed by atoms with Crippen LogP contribution in [0.15, 0.2) is 53.9 Å². The van der Waals surface area contributed by atoms with Gasteiger partial charge in [0.15, 0.2) is 5.13 Å². The van der Waals surface area contributed by atoms with Gasteiger partial charge in [-0.3, -0.25) is 0 Å². The number of aromatic nitrogens is 1. The van der Waals surface area contributed by atoms with Gasteiger partial charge < -0.3 is 14.8 Å². The molecule has 5 heteroatoms. The number of hydrogen-bond donors (Lipinski definition) is 1. The third-order valence-electron chi connectivity index (χ3n) is 3.47. The molecule has 0 atom stereocenters. The van der Waals surface area contributed by atoms with Crippen LogP contribution in [0.2, 0.25) is 0 Å². The van der Waals surface area contributed by atoms with E-state index in [1.807, 2.05) is 41.8 Å². The number of nitrogens with one attached hydrogen (secondary N) is 1. The van der Waals surface area contributed by atoms with E-state index in [-0.39, 0.29) is 0 Å². The van der Waals surface area contributed by atoms with Gasteiger partial charge in [-0.25, -0.2) is 4.98 Å². The van der Waals surface area contributed by atoms with E-state index in [0.717, 1.165) is 34.4 Å². The van der Waals surface area contributed by atoms with Crippen LogP contribution in [0, 0.1) is 0 Å². The van der Waals surface area contributed by atoms with Gasteiger partial charge in [0.25, 0.3) is 0 Å². The van der Waals surface area contributed by atoms with Crippen molar-refractivity contribution in [1.29, 1.82) is 0 Å². The molecule has 0 unspecified atom stereocenters. The van der Waals surface area contributed by atoms with E-state index in [2.05, 4.69) is 22.4 Å². The minimum absolute atomic E-state index is 0.753. The van der Waals surface area contributed by atoms with Crippen LogP contribution in [0.5, 0.6) is 11.5 Å². The molecule has 0 bridgehead atoms. The zero-order chi connectivity index (χ0) is 16.1. The topological polar surface area (TPSA) is 43.4 Å². The van der Waals surface area contributed by atoms with Crippen LogP contribution in [-0.2, 0) is 6.54 Å². The maximum Gasteiger partial charge on any atom is 0.183 e. The van der Waals surface area contributed by atoms with E-state index < -0.39 is 0 Å². The molecule has 0 fully saturated rings. The maximum absolute atomic E-state index is 5.43. The van der Waals surface area contributed by atoms with Gasteiger partial charge in [-0.2, -0.15) is 0 Å². The lowest BCUT2D eigenvalue weighted by atomic mass is 10.1. The summed E-state index contributed by atoms with van der Waals surface area (Å²) in [7, 11) is 3.31. The first-order chi connectivity index (χ1) is 11.3. The van der Waals surface area contributed by atoms with E-state index in [1.54, 1.807) is 25.6 Å². The molecule has 4 nitrogen and oxygen atoms in total. The maximum atomic E-state index is 5.43. The number of thiazole rings is 1. The SMILES string of the molecule is COc1ccc(OC)c(-c2csc(NCc3ccccc3)n2)c1. The smallest absolute Gasteiger partial charge is 0.183 e. The molecule has 0 saturated carbocycles. The fourth-order valence-electron chi connectivity index (χ4n) is 2.27. The molecule has 3 aromatic rings. The molecule has 0 aliphatic rings. The Kier molecular flexibility index (Phi) is 4.78. The number of ether oxygens (including phenoxy) is 2. The highest BCUT2D eigenvalue weighted by Gasteiger charge is 2.11. The average molecular weight is 326 g/mol. The zero-order valence-corrected chi connectivity index (χ0v) is 13.9. The van der Waals surface area contributed by atoms with Gasteiger partial charge in [-0.1, -0.05) is 30.3 Å². The van der Waals surface area contributed by atoms with Crippen molar-refractivity contribution < 1.29 is 9.47 Å². The van der Waals surface area contributed by atoms with Gasteiger partial charge in [0.2, 0.25) is 0 Å². The third-order valence-corrected chi connectivity index (χ3v) is 4.27. The lowest BCUT2D eigenvalue weighted by Gasteiger charge is -2.08. The van der Waals surface area contributed by atoms with Crippen molar-refractivity contribution in [2.45, 2.75) is 6.54 Å². The van der Waals surface area contributed by atoms with E-state index >= 15 is 0 Å². The summed E-state index contributed by atoms with van der Waals surface area (Å²) < 4.78 is 10.7. The van der Waals surface area contributed by atoms with E-state index in [0.29, 0.717) is 0 Å². The van der Waals surface area contributed by atoms with Crippen LogP contribution in [0.1, 0.15) is 5.56 Å². The number of methoxy groups -OCH3 is 2. The van der Waals surface area contributed by atoms with Crippen molar-refractivity contribution in [3.63, 3.8) is 0 Å². The van der Waals surface area contributed by atoms with Crippen LogP contribution in [0.25, 0.3) is 11.3 Å². The van der Waals surface area contributed by atoms with Crippen molar-refractivity contribution in [2.75, 3.05) is 19.5 Å². The Bertz CT molecular complexity index is 772. The van der Waals surface area contributed by atoms with Gasteiger partial charge in [-0.15, -0.1) is 11.3 Å². The molecular weight excluding hydrogens is 308 g/mol. The second-order valence-electron chi connectivity index (χ2n) is 4.94. The van der Waals surface area contributed by atoms with Crippen LogP contribution in [-0.4, -0.2) is 19.2 Å². The molecule has 1 aromatic heterocycles. The van der Waals surface area contributed by atoms with Crippen LogP contribution < -0.4 is 14.8 Å². The summed E-state index contributed by atoms with van der Waals surface area (Å²) in [6.07, 6.45) is 0. The monoisotopic (exact) mass is 326 g/mol. The highest BCUT2D eigenvalue weighted by atomic mass is 32.1. The number of hydrogen-bond acceptors (Lipinski definition) is 5. The Labute approximate surface area is 139 Å². The molecule has 23 heavy (non-hydrogen) atoms. The van der Waals surface area contributed by atoms with E-state index in [4.69, 9.17) is 9.47 Å². The molecule has 1 N–H and O–H groups in total. The van der Waals surface area contributed by atoms with E-state index in [9.17, 15) is 0 Å². The van der Waals surface area contributed by atoms with Crippen molar-refractivity contribution in [3.05, 3.63) is 59.5 Å². The molecule has 0 saturated heterocycles. The third kappa shape index (κ3) is 3.63. The molecular formula is C18H18N2O2S. The van der Waals surface area contributed by atoms with Gasteiger partial charge in [-0.05, 0) is 23.8 Å². The number of anilines is 1. The highest BCUT2D eigenvalue weighted by Crippen LogP contribution is 2.35. The predicted octanol–water partition coefficient (Wildman–Crippen LogP) is 4.44. The molecule has 0 aliphatic heterocycles. The second kappa shape index (κ2) is 7.15. The summed E-state index contributed by atoms with van der Waals surface area (Å²) in [5.74, 6) is 1.57. The lowest BCUT2D eigenvalue weighted by Crippen LogP contribution is -1.98. The van der Waals surface area contributed by atoms with Crippen molar-refractivity contribution >= 4 is 16.5 Å². The van der Waals surface area contributed by atoms with Gasteiger partial charge in [0.05, 0.1) is 19.9 Å². The first-order valence-corrected chi connectivity index (χ1v) is 8.14. The number of rotatable bonds is 6. The normalized spacial score (nSPS) is 10.3. The standard InChI is InChI=1S/C18H18N2O2S/c1-21-14-8-9-17(22-2)15(10-14)16-12-23-18(20-16)19-11-13-6-4-3-5-7-13/h3-10,12H,11H2,1-2H3,(H,19,20). The molecule has 0 aliphatic carbocycles. The first-order valence-electron chi connectivity index (χ1n) is 7.26. The van der Waals surface area contributed by atoms with Crippen molar-refractivity contribution in [2.24, 2.45) is 0 Å². The average Bonchev–Trinajstić information content (AvgIpc) is 3.09. The van der Waals surface area contributed by atoms with Gasteiger partial charge in [0.1, 0.15) is 11.5 Å². The Hall–Kier alpha value is -2.53. The predicted molar refractivity (Wildman–Crippen MR) is 94.4 cm³/mol. The van der Waals surface area contributed by atoms with Crippen LogP contribution in [0.4, 0.5) is 5.13 Å². The molecule has 1 heterocycles. The van der Waals surface area contributed by atoms with Gasteiger partial charge >= 0.3 is 0 Å². The summed E-state index contributed by atoms with van der Waals surface area (Å²) in [5.41, 5.74) is 3.03. The number of benzene rings is 2. The summed E-state index contributed by atoms with van der Waals surface area (Å²) >= 11 is 1.58. The largest absolute Gasteiger partial charge is 0.497 e. The first kappa shape index (κ1) is 15.4. The summed E-state index contributed by atoms with van der Waals surface area (Å²) in [6.45, 7) is 0.753. The minimum atomic E-state index is 0.753. The zero-order valence-electron chi connectivity index (χ0n) is 13.1. The quantitative estimate of drug-likeness (QED) is 0.727. The second-order valence-corrected chi connectivity index (χ2v) is 5.80. The molecule has 3 rings (SSSR count). The van der Waals surface area contributed by atoms with Crippen molar-refractivity contribution in [3.8, 4) is 22.8 Å². The van der Waals surface area contributed by atoms with E-state index in [1.165, 1.54) is 5.56 Å². The molecule has 118 valence electrons. The molecule has 0 amide bonds. The highest BCUT2D eigenvalue weighted by molar-refractivity contribution is 7.14. The van der Waals surface area contributed by atoms with Crippen LogP contribution >= 0.6 is 11.3 Å². The lowest BCUT2D eigenvalue weighted by molar-refractivity contribution is 0.404. The molecule has 2 aromatic carbocycles. The fraction of sp³-hybridized carbons (Fsp3) is 0.167. The minimum Gasteiger partial charge on any atom is -0.497 e. The number of nitrogens with zero attached hydrogens (tertiary/aromatic N) is 1. The Morgan fingerprint density at radius 3 is 2.61 bits per heavy atom. The summed E-state index contributed by atoms with van der Waals surface area (Å²) in [6, 6.07) is 16.0. The Balaban J connectivity index is 1.79. The molecule has 0 spiro atoms. The summed E-state index contributed by atoms with van der Waals surface area (Å²) in [5, 5.41) is 6.25. The summed E-state index contributed by atoms with van der Waals surface area (Å²) in [4.78, 5) is 4.65. The van der Waals surface area contributed by atoms with Crippen molar-refractivity contribution in [1.82, 2.24) is 4.98 Å². The Morgan fingerprint density at radius 2 is 1.87 bits per heavy atom. The van der Waals surface area contributed by atoms with Crippen LogP contribution in [0.3, 0.4) is 0 Å². The Morgan fingerprint density at radius 1 is 1.04 bits per heavy atom. The molecule has 0 radical (unpaired) electrons.